The van der Waals surface area contributed by atoms with Crippen molar-refractivity contribution in [2.45, 2.75) is 13.0 Å². The van der Waals surface area contributed by atoms with Gasteiger partial charge in [-0.3, -0.25) is 0 Å². The van der Waals surface area contributed by atoms with E-state index < -0.39 is 0 Å². The van der Waals surface area contributed by atoms with Crippen molar-refractivity contribution in [2.75, 3.05) is 6.54 Å². The molecule has 3 nitrogen and oxygen atoms in total. The van der Waals surface area contributed by atoms with Crippen LogP contribution in [0.15, 0.2) is 18.3 Å². The molecule has 90 valence electrons. The second-order valence-corrected chi connectivity index (χ2v) is 4.06. The van der Waals surface area contributed by atoms with Gasteiger partial charge in [-0.05, 0) is 30.7 Å². The van der Waals surface area contributed by atoms with Crippen LogP contribution in [0, 0.1) is 24.7 Å². The van der Waals surface area contributed by atoms with E-state index in [-0.39, 0.29) is 5.75 Å². The zero-order chi connectivity index (χ0) is 13.1. The molecule has 0 bridgehead atoms. The van der Waals surface area contributed by atoms with E-state index in [2.05, 4.69) is 11.8 Å². The van der Waals surface area contributed by atoms with Gasteiger partial charge in [0.25, 0.3) is 0 Å². The molecule has 0 fully saturated rings. The van der Waals surface area contributed by atoms with Crippen LogP contribution in [-0.2, 0) is 13.0 Å². The predicted molar refractivity (Wildman–Crippen MR) is 73.1 cm³/mol. The molecule has 1 aromatic heterocycles. The summed E-state index contributed by atoms with van der Waals surface area (Å²) in [7, 11) is 0. The first kappa shape index (κ1) is 12.1. The van der Waals surface area contributed by atoms with E-state index in [0.29, 0.717) is 18.7 Å². The van der Waals surface area contributed by atoms with E-state index >= 15 is 0 Å². The van der Waals surface area contributed by atoms with Gasteiger partial charge in [-0.2, -0.15) is 0 Å². The number of benzene rings is 1. The SMILES string of the molecule is C#CCn1cc(CCN)c2cc(O)c(C#C)cc21. The van der Waals surface area contributed by atoms with E-state index in [1.54, 1.807) is 12.1 Å². The number of aromatic nitrogens is 1. The van der Waals surface area contributed by atoms with Gasteiger partial charge in [0.05, 0.1) is 17.6 Å². The number of phenolic OH excluding ortho intramolecular Hbond substituents is 1. The van der Waals surface area contributed by atoms with Crippen LogP contribution in [-0.4, -0.2) is 16.2 Å². The minimum atomic E-state index is 0.113. The number of rotatable bonds is 3. The van der Waals surface area contributed by atoms with E-state index in [4.69, 9.17) is 18.6 Å². The maximum atomic E-state index is 9.82. The summed E-state index contributed by atoms with van der Waals surface area (Å²) in [5.41, 5.74) is 8.06. The normalized spacial score (nSPS) is 10.2. The number of hydrogen-bond acceptors (Lipinski definition) is 2. The van der Waals surface area contributed by atoms with Crippen LogP contribution in [0.3, 0.4) is 0 Å². The van der Waals surface area contributed by atoms with Crippen molar-refractivity contribution in [3.05, 3.63) is 29.5 Å². The Hall–Kier alpha value is -2.36. The molecule has 2 rings (SSSR count). The lowest BCUT2D eigenvalue weighted by Crippen LogP contribution is -2.02. The van der Waals surface area contributed by atoms with Crippen LogP contribution in [0.5, 0.6) is 5.75 Å². The highest BCUT2D eigenvalue weighted by Gasteiger charge is 2.11. The lowest BCUT2D eigenvalue weighted by Gasteiger charge is -2.02. The van der Waals surface area contributed by atoms with Crippen molar-refractivity contribution in [2.24, 2.45) is 5.73 Å². The average molecular weight is 238 g/mol. The van der Waals surface area contributed by atoms with Crippen LogP contribution in [0.4, 0.5) is 0 Å². The first-order chi connectivity index (χ1) is 8.71. The fourth-order valence-electron chi connectivity index (χ4n) is 2.10. The van der Waals surface area contributed by atoms with Crippen molar-refractivity contribution in [1.82, 2.24) is 4.57 Å². The van der Waals surface area contributed by atoms with Gasteiger partial charge in [-0.15, -0.1) is 12.8 Å². The Morgan fingerprint density at radius 3 is 2.72 bits per heavy atom. The topological polar surface area (TPSA) is 51.2 Å². The van der Waals surface area contributed by atoms with Crippen molar-refractivity contribution in [3.63, 3.8) is 0 Å². The Morgan fingerprint density at radius 2 is 2.11 bits per heavy atom. The quantitative estimate of drug-likeness (QED) is 0.795. The van der Waals surface area contributed by atoms with Crippen molar-refractivity contribution >= 4 is 10.9 Å². The minimum Gasteiger partial charge on any atom is -0.507 e. The highest BCUT2D eigenvalue weighted by molar-refractivity contribution is 5.87. The molecular weight excluding hydrogens is 224 g/mol. The van der Waals surface area contributed by atoms with Crippen molar-refractivity contribution < 1.29 is 5.11 Å². The standard InChI is InChI=1S/C15H14N2O/c1-3-7-17-10-12(5-6-16)13-9-15(18)11(4-2)8-14(13)17/h1-2,8-10,18H,5-7,16H2. The highest BCUT2D eigenvalue weighted by atomic mass is 16.3. The van der Waals surface area contributed by atoms with Gasteiger partial charge in [0.15, 0.2) is 0 Å². The molecule has 0 unspecified atom stereocenters. The van der Waals surface area contributed by atoms with Gasteiger partial charge < -0.3 is 15.4 Å². The van der Waals surface area contributed by atoms with Crippen molar-refractivity contribution in [3.8, 4) is 30.4 Å². The molecule has 3 heteroatoms. The van der Waals surface area contributed by atoms with Crippen LogP contribution < -0.4 is 5.73 Å². The lowest BCUT2D eigenvalue weighted by molar-refractivity contribution is 0.474. The molecule has 0 aliphatic heterocycles. The van der Waals surface area contributed by atoms with E-state index in [0.717, 1.165) is 22.9 Å². The Balaban J connectivity index is 2.72. The summed E-state index contributed by atoms with van der Waals surface area (Å²) in [6.45, 7) is 1.02. The van der Waals surface area contributed by atoms with Crippen LogP contribution in [0.2, 0.25) is 0 Å². The molecule has 0 amide bonds. The Bertz CT molecular complexity index is 668. The third kappa shape index (κ3) is 1.93. The molecule has 0 aliphatic rings. The van der Waals surface area contributed by atoms with Crippen LogP contribution >= 0.6 is 0 Å². The molecule has 0 aliphatic carbocycles. The fraction of sp³-hybridized carbons (Fsp3) is 0.200. The molecule has 0 saturated heterocycles. The van der Waals surface area contributed by atoms with Gasteiger partial charge in [0.1, 0.15) is 5.75 Å². The third-order valence-corrected chi connectivity index (χ3v) is 2.91. The fourth-order valence-corrected chi connectivity index (χ4v) is 2.10. The number of terminal acetylenes is 2. The lowest BCUT2D eigenvalue weighted by atomic mass is 10.1. The largest absolute Gasteiger partial charge is 0.507 e. The highest BCUT2D eigenvalue weighted by Crippen LogP contribution is 2.28. The monoisotopic (exact) mass is 238 g/mol. The van der Waals surface area contributed by atoms with E-state index in [9.17, 15) is 5.11 Å². The maximum absolute atomic E-state index is 9.82. The molecule has 3 N–H and O–H groups in total. The molecular formula is C15H14N2O. The predicted octanol–water partition coefficient (Wildman–Crippen LogP) is 1.46. The minimum absolute atomic E-state index is 0.113. The summed E-state index contributed by atoms with van der Waals surface area (Å²) in [5, 5.41) is 10.8. The van der Waals surface area contributed by atoms with Crippen LogP contribution in [0.25, 0.3) is 10.9 Å². The summed E-state index contributed by atoms with van der Waals surface area (Å²) in [4.78, 5) is 0. The molecule has 2 aromatic rings. The summed E-state index contributed by atoms with van der Waals surface area (Å²) >= 11 is 0. The Labute approximate surface area is 106 Å². The molecule has 0 atom stereocenters. The molecule has 18 heavy (non-hydrogen) atoms. The summed E-state index contributed by atoms with van der Waals surface area (Å²) in [5.74, 6) is 5.17. The molecule has 0 saturated carbocycles. The smallest absolute Gasteiger partial charge is 0.131 e. The summed E-state index contributed by atoms with van der Waals surface area (Å²) < 4.78 is 1.95. The second-order valence-electron chi connectivity index (χ2n) is 4.06. The first-order valence-electron chi connectivity index (χ1n) is 5.66. The Kier molecular flexibility index (Phi) is 3.28. The second kappa shape index (κ2) is 4.87. The summed E-state index contributed by atoms with van der Waals surface area (Å²) in [6.07, 6.45) is 13.4. The zero-order valence-electron chi connectivity index (χ0n) is 9.98. The third-order valence-electron chi connectivity index (χ3n) is 2.91. The van der Waals surface area contributed by atoms with Gasteiger partial charge in [-0.1, -0.05) is 11.8 Å². The molecule has 1 heterocycles. The zero-order valence-corrected chi connectivity index (χ0v) is 9.98. The maximum Gasteiger partial charge on any atom is 0.131 e. The Morgan fingerprint density at radius 1 is 1.33 bits per heavy atom. The number of fused-ring (bicyclic) bond motifs is 1. The molecule has 1 aromatic carbocycles. The van der Waals surface area contributed by atoms with Gasteiger partial charge in [0, 0.05) is 11.6 Å². The van der Waals surface area contributed by atoms with E-state index in [1.807, 2.05) is 10.8 Å². The number of nitrogens with two attached hydrogens (primary N) is 1. The number of phenols is 1. The van der Waals surface area contributed by atoms with Gasteiger partial charge in [0.2, 0.25) is 0 Å². The van der Waals surface area contributed by atoms with Crippen molar-refractivity contribution in [1.29, 1.82) is 0 Å². The van der Waals surface area contributed by atoms with Gasteiger partial charge in [-0.25, -0.2) is 0 Å². The number of aromatic hydroxyl groups is 1. The number of nitrogens with zero attached hydrogens (tertiary/aromatic N) is 1. The molecule has 0 spiro atoms. The van der Waals surface area contributed by atoms with Crippen LogP contribution in [0.1, 0.15) is 11.1 Å². The summed E-state index contributed by atoms with van der Waals surface area (Å²) in [6, 6.07) is 3.46. The number of hydrogen-bond donors (Lipinski definition) is 2. The molecule has 0 radical (unpaired) electrons. The first-order valence-corrected chi connectivity index (χ1v) is 5.66. The van der Waals surface area contributed by atoms with Gasteiger partial charge >= 0.3 is 0 Å². The average Bonchev–Trinajstić information content (AvgIpc) is 2.67. The van der Waals surface area contributed by atoms with E-state index in [1.165, 1.54) is 0 Å².